The van der Waals surface area contributed by atoms with Crippen LogP contribution < -0.4 is 4.74 Å². The minimum Gasteiger partial charge on any atom is -0.488 e. The molecule has 0 unspecified atom stereocenters. The molecule has 1 N–H and O–H groups in total. The first-order valence-electron chi connectivity index (χ1n) is 12.2. The number of carbonyl (C=O) groups is 1. The van der Waals surface area contributed by atoms with Crippen LogP contribution in [0.1, 0.15) is 62.5 Å². The molecule has 10 heteroatoms. The molecule has 3 aromatic heterocycles. The lowest BCUT2D eigenvalue weighted by atomic mass is 9.87. The van der Waals surface area contributed by atoms with Crippen LogP contribution in [0.5, 0.6) is 5.75 Å². The van der Waals surface area contributed by atoms with Gasteiger partial charge in [-0.2, -0.15) is 0 Å². The Balaban J connectivity index is 1.34. The Morgan fingerprint density at radius 3 is 2.79 bits per heavy atom. The van der Waals surface area contributed by atoms with Crippen molar-refractivity contribution in [3.8, 4) is 17.1 Å². The normalized spacial score (nSPS) is 20.4. The van der Waals surface area contributed by atoms with Gasteiger partial charge in [-0.05, 0) is 69.4 Å². The molecule has 5 rings (SSSR count). The highest BCUT2D eigenvalue weighted by atomic mass is 16.5. The summed E-state index contributed by atoms with van der Waals surface area (Å²) in [6.45, 7) is 2.55. The van der Waals surface area contributed by atoms with Gasteiger partial charge in [0.25, 0.3) is 0 Å². The lowest BCUT2D eigenvalue weighted by Gasteiger charge is -2.28. The molecule has 2 atom stereocenters. The van der Waals surface area contributed by atoms with Crippen LogP contribution in [0.2, 0.25) is 0 Å². The highest BCUT2D eigenvalue weighted by molar-refractivity contribution is 5.70. The highest BCUT2D eigenvalue weighted by Crippen LogP contribution is 2.32. The van der Waals surface area contributed by atoms with E-state index < -0.39 is 5.97 Å². The number of aliphatic carboxylic acids is 1. The van der Waals surface area contributed by atoms with Gasteiger partial charge >= 0.3 is 5.97 Å². The second-order valence-electron chi connectivity index (χ2n) is 9.50. The van der Waals surface area contributed by atoms with Gasteiger partial charge in [-0.3, -0.25) is 4.79 Å². The van der Waals surface area contributed by atoms with Crippen LogP contribution in [0.25, 0.3) is 11.4 Å². The van der Waals surface area contributed by atoms with Crippen LogP contribution in [-0.4, -0.2) is 52.2 Å². The number of hydrogen-bond donors (Lipinski definition) is 1. The van der Waals surface area contributed by atoms with E-state index in [1.807, 2.05) is 37.0 Å². The summed E-state index contributed by atoms with van der Waals surface area (Å²) in [7, 11) is 1.87. The van der Waals surface area contributed by atoms with Crippen molar-refractivity contribution in [2.75, 3.05) is 0 Å². The van der Waals surface area contributed by atoms with E-state index in [1.165, 1.54) is 12.8 Å². The Kier molecular flexibility index (Phi) is 6.30. The minimum absolute atomic E-state index is 0.1000. The fourth-order valence-electron chi connectivity index (χ4n) is 4.67. The van der Waals surface area contributed by atoms with E-state index in [4.69, 9.17) is 9.72 Å². The summed E-state index contributed by atoms with van der Waals surface area (Å²) in [6, 6.07) is 3.83. The maximum atomic E-state index is 11.4. The molecule has 34 heavy (non-hydrogen) atoms. The highest BCUT2D eigenvalue weighted by Gasteiger charge is 2.29. The second kappa shape index (κ2) is 9.52. The lowest BCUT2D eigenvalue weighted by Crippen LogP contribution is -2.29. The summed E-state index contributed by atoms with van der Waals surface area (Å²) in [5.41, 5.74) is 4.21. The third-order valence-electron chi connectivity index (χ3n) is 6.81. The molecule has 0 bridgehead atoms. The molecule has 3 aromatic rings. The van der Waals surface area contributed by atoms with Crippen molar-refractivity contribution in [1.29, 1.82) is 0 Å². The van der Waals surface area contributed by atoms with Crippen LogP contribution in [0.3, 0.4) is 0 Å². The Hall–Kier alpha value is -3.30. The average Bonchev–Trinajstić information content (AvgIpc) is 3.43. The monoisotopic (exact) mass is 465 g/mol. The van der Waals surface area contributed by atoms with Crippen molar-refractivity contribution in [2.24, 2.45) is 18.9 Å². The number of aryl methyl sites for hydroxylation is 2. The predicted octanol–water partition coefficient (Wildman–Crippen LogP) is 3.05. The smallest absolute Gasteiger partial charge is 0.306 e. The summed E-state index contributed by atoms with van der Waals surface area (Å²) in [5, 5.41) is 26.6. The van der Waals surface area contributed by atoms with Crippen LogP contribution in [0, 0.1) is 11.8 Å². The number of aromatic nitrogens is 7. The largest absolute Gasteiger partial charge is 0.488 e. The van der Waals surface area contributed by atoms with Crippen molar-refractivity contribution >= 4 is 5.97 Å². The molecule has 0 amide bonds. The van der Waals surface area contributed by atoms with Crippen LogP contribution in [0.15, 0.2) is 18.3 Å². The van der Waals surface area contributed by atoms with Gasteiger partial charge in [-0.1, -0.05) is 17.4 Å². The second-order valence-corrected chi connectivity index (χ2v) is 9.50. The topological polar surface area (TPSA) is 121 Å². The fourth-order valence-corrected chi connectivity index (χ4v) is 4.67. The lowest BCUT2D eigenvalue weighted by molar-refractivity contribution is -0.143. The summed E-state index contributed by atoms with van der Waals surface area (Å²) < 4.78 is 9.82. The maximum Gasteiger partial charge on any atom is 0.306 e. The predicted molar refractivity (Wildman–Crippen MR) is 123 cm³/mol. The molecule has 0 aliphatic heterocycles. The van der Waals surface area contributed by atoms with E-state index in [-0.39, 0.29) is 12.0 Å². The van der Waals surface area contributed by atoms with Crippen LogP contribution >= 0.6 is 0 Å². The number of carboxylic acid groups (broad SMARTS) is 1. The third-order valence-corrected chi connectivity index (χ3v) is 6.81. The molecule has 2 aliphatic rings. The molecular weight excluding hydrogens is 434 g/mol. The molecule has 3 heterocycles. The Bertz CT molecular complexity index is 1170. The quantitative estimate of drug-likeness (QED) is 0.512. The standard InChI is InChI=1S/C24H31N7O3/c1-3-19-22(34-18-6-4-5-16(12-18)24(32)33)10-9-20(25-19)23-21(30(2)28-27-23)14-31-13-17(26-29-31)11-15-7-8-15/h9-10,13,15-16,18H,3-8,11-12,14H2,1-2H3,(H,32,33)/t16-,18-/m0/s1. The van der Waals surface area contributed by atoms with E-state index in [1.54, 1.807) is 4.68 Å². The van der Waals surface area contributed by atoms with Crippen molar-refractivity contribution in [1.82, 2.24) is 35.0 Å². The van der Waals surface area contributed by atoms with Crippen LogP contribution in [0.4, 0.5) is 0 Å². The van der Waals surface area contributed by atoms with E-state index >= 15 is 0 Å². The number of nitrogens with zero attached hydrogens (tertiary/aromatic N) is 7. The number of rotatable bonds is 9. The number of pyridine rings is 1. The van der Waals surface area contributed by atoms with Crippen LogP contribution in [-0.2, 0) is 31.2 Å². The van der Waals surface area contributed by atoms with E-state index in [9.17, 15) is 9.90 Å². The molecule has 2 aliphatic carbocycles. The Morgan fingerprint density at radius 1 is 1.18 bits per heavy atom. The summed E-state index contributed by atoms with van der Waals surface area (Å²) in [4.78, 5) is 16.2. The molecule has 2 saturated carbocycles. The minimum atomic E-state index is -0.736. The molecule has 2 fully saturated rings. The number of carboxylic acids is 1. The first-order valence-corrected chi connectivity index (χ1v) is 12.2. The molecule has 0 saturated heterocycles. The summed E-state index contributed by atoms with van der Waals surface area (Å²) in [6.07, 6.45) is 9.15. The van der Waals surface area contributed by atoms with Gasteiger partial charge in [-0.15, -0.1) is 10.2 Å². The molecular formula is C24H31N7O3. The van der Waals surface area contributed by atoms with E-state index in [2.05, 4.69) is 20.6 Å². The van der Waals surface area contributed by atoms with Crippen molar-refractivity contribution in [3.05, 3.63) is 35.4 Å². The average molecular weight is 466 g/mol. The zero-order chi connectivity index (χ0) is 23.7. The molecule has 10 nitrogen and oxygen atoms in total. The van der Waals surface area contributed by atoms with Crippen molar-refractivity contribution < 1.29 is 14.6 Å². The van der Waals surface area contributed by atoms with E-state index in [0.717, 1.165) is 54.4 Å². The first kappa shape index (κ1) is 22.5. The first-order chi connectivity index (χ1) is 16.5. The van der Waals surface area contributed by atoms with Crippen molar-refractivity contribution in [2.45, 2.75) is 70.9 Å². The maximum absolute atomic E-state index is 11.4. The SMILES string of the molecule is CCc1nc(-c2nnn(C)c2Cn2cc(CC3CC3)nn2)ccc1O[C@H]1CCC[C@H](C(=O)O)C1. The van der Waals surface area contributed by atoms with Gasteiger partial charge in [0.1, 0.15) is 11.4 Å². The van der Waals surface area contributed by atoms with Crippen molar-refractivity contribution in [3.63, 3.8) is 0 Å². The van der Waals surface area contributed by atoms with Gasteiger partial charge < -0.3 is 9.84 Å². The van der Waals surface area contributed by atoms with Gasteiger partial charge in [0.2, 0.25) is 0 Å². The molecule has 0 radical (unpaired) electrons. The fraction of sp³-hybridized carbons (Fsp3) is 0.583. The summed E-state index contributed by atoms with van der Waals surface area (Å²) >= 11 is 0. The van der Waals surface area contributed by atoms with Gasteiger partial charge in [0, 0.05) is 13.2 Å². The Morgan fingerprint density at radius 2 is 2.03 bits per heavy atom. The zero-order valence-electron chi connectivity index (χ0n) is 19.7. The Labute approximate surface area is 198 Å². The molecule has 0 aromatic carbocycles. The number of hydrogen-bond acceptors (Lipinski definition) is 7. The van der Waals surface area contributed by atoms with Gasteiger partial charge in [-0.25, -0.2) is 14.3 Å². The number of ether oxygens (including phenoxy) is 1. The molecule has 0 spiro atoms. The molecule has 180 valence electrons. The zero-order valence-corrected chi connectivity index (χ0v) is 19.7. The third kappa shape index (κ3) is 4.95. The van der Waals surface area contributed by atoms with Gasteiger partial charge in [0.05, 0.1) is 41.3 Å². The van der Waals surface area contributed by atoms with E-state index in [0.29, 0.717) is 30.8 Å². The van der Waals surface area contributed by atoms with Gasteiger partial charge in [0.15, 0.2) is 0 Å². The summed E-state index contributed by atoms with van der Waals surface area (Å²) in [5.74, 6) is 0.410.